The molecule has 1 aliphatic heterocycles. The number of hydrogen-bond acceptors (Lipinski definition) is 7. The zero-order chi connectivity index (χ0) is 24.2. The minimum Gasteiger partial charge on any atom is -0.356 e. The third kappa shape index (κ3) is 5.08. The highest BCUT2D eigenvalue weighted by atomic mass is 16.5. The van der Waals surface area contributed by atoms with Crippen molar-refractivity contribution in [3.63, 3.8) is 0 Å². The zero-order valence-electron chi connectivity index (χ0n) is 19.9. The van der Waals surface area contributed by atoms with Gasteiger partial charge in [0, 0.05) is 43.0 Å². The van der Waals surface area contributed by atoms with Crippen LogP contribution < -0.4 is 5.32 Å². The maximum atomic E-state index is 13.7. The van der Waals surface area contributed by atoms with Gasteiger partial charge in [0.05, 0.1) is 12.1 Å². The number of rotatable bonds is 3. The lowest BCUT2D eigenvalue weighted by Crippen LogP contribution is -2.47. The number of amides is 2. The summed E-state index contributed by atoms with van der Waals surface area (Å²) >= 11 is 0. The van der Waals surface area contributed by atoms with E-state index in [4.69, 9.17) is 4.52 Å². The molecule has 2 amide bonds. The molecule has 9 nitrogen and oxygen atoms in total. The lowest BCUT2D eigenvalue weighted by atomic mass is 9.99. The molecule has 3 aromatic rings. The van der Waals surface area contributed by atoms with Crippen LogP contribution in [0.2, 0.25) is 0 Å². The van der Waals surface area contributed by atoms with Gasteiger partial charge in [-0.15, -0.1) is 0 Å². The van der Waals surface area contributed by atoms with Crippen LogP contribution in [0.4, 0.5) is 0 Å². The Bertz CT molecular complexity index is 1180. The molecule has 0 radical (unpaired) electrons. The first-order valence-corrected chi connectivity index (χ1v) is 12.4. The van der Waals surface area contributed by atoms with Crippen molar-refractivity contribution in [1.82, 2.24) is 30.3 Å². The molecular weight excluding hydrogens is 444 g/mol. The lowest BCUT2D eigenvalue weighted by Gasteiger charge is -2.32. The third-order valence-electron chi connectivity index (χ3n) is 7.00. The third-order valence-corrected chi connectivity index (χ3v) is 7.00. The van der Waals surface area contributed by atoms with Crippen LogP contribution in [0.1, 0.15) is 66.3 Å². The highest BCUT2D eigenvalue weighted by Gasteiger charge is 2.45. The van der Waals surface area contributed by atoms with E-state index in [2.05, 4.69) is 25.4 Å². The van der Waals surface area contributed by atoms with Crippen LogP contribution in [-0.2, 0) is 4.79 Å². The fourth-order valence-electron chi connectivity index (χ4n) is 5.23. The van der Waals surface area contributed by atoms with Gasteiger partial charge < -0.3 is 14.7 Å². The van der Waals surface area contributed by atoms with Crippen molar-refractivity contribution >= 4 is 11.8 Å². The van der Waals surface area contributed by atoms with Crippen molar-refractivity contribution in [2.24, 2.45) is 5.92 Å². The molecule has 5 rings (SSSR count). The van der Waals surface area contributed by atoms with Crippen molar-refractivity contribution in [3.05, 3.63) is 59.9 Å². The minimum absolute atomic E-state index is 0.00453. The zero-order valence-corrected chi connectivity index (χ0v) is 19.9. The SMILES string of the molecule is Cc1cccc(C(=O)N2CCCCCCNC(=O)[C@@H]3C[C@@H](c4nc(-c5cnccn5)no4)C[C@@H]32)c1. The van der Waals surface area contributed by atoms with Gasteiger partial charge in [0.15, 0.2) is 0 Å². The second-order valence-corrected chi connectivity index (χ2v) is 9.46. The Hall–Kier alpha value is -3.62. The van der Waals surface area contributed by atoms with E-state index in [1.54, 1.807) is 18.6 Å². The number of benzene rings is 1. The molecule has 182 valence electrons. The Balaban J connectivity index is 1.44. The quantitative estimate of drug-likeness (QED) is 0.618. The van der Waals surface area contributed by atoms with Gasteiger partial charge in [-0.2, -0.15) is 4.98 Å². The first kappa shape index (κ1) is 23.1. The summed E-state index contributed by atoms with van der Waals surface area (Å²) < 4.78 is 5.61. The second kappa shape index (κ2) is 10.3. The number of fused-ring (bicyclic) bond motifs is 1. The molecule has 0 unspecified atom stereocenters. The van der Waals surface area contributed by atoms with Crippen LogP contribution in [-0.4, -0.2) is 56.0 Å². The fraction of sp³-hybridized carbons (Fsp3) is 0.462. The molecule has 0 spiro atoms. The number of carbonyl (C=O) groups excluding carboxylic acids is 2. The van der Waals surface area contributed by atoms with E-state index < -0.39 is 0 Å². The van der Waals surface area contributed by atoms with Gasteiger partial charge in [-0.25, -0.2) is 4.98 Å². The van der Waals surface area contributed by atoms with Crippen molar-refractivity contribution < 1.29 is 14.1 Å². The smallest absolute Gasteiger partial charge is 0.254 e. The molecule has 2 aliphatic rings. The molecule has 35 heavy (non-hydrogen) atoms. The van der Waals surface area contributed by atoms with E-state index in [0.717, 1.165) is 31.2 Å². The first-order chi connectivity index (χ1) is 17.1. The molecule has 2 fully saturated rings. The fourth-order valence-corrected chi connectivity index (χ4v) is 5.23. The second-order valence-electron chi connectivity index (χ2n) is 9.46. The largest absolute Gasteiger partial charge is 0.356 e. The predicted octanol–water partition coefficient (Wildman–Crippen LogP) is 3.53. The Morgan fingerprint density at radius 3 is 2.86 bits per heavy atom. The van der Waals surface area contributed by atoms with Crippen LogP contribution in [0.3, 0.4) is 0 Å². The standard InChI is InChI=1S/C26H30N6O3/c1-17-7-6-8-18(13-17)26(34)32-12-5-3-2-4-9-29-24(33)20-14-19(15-22(20)32)25-30-23(31-35-25)21-16-27-10-11-28-21/h6-8,10-11,13,16,19-20,22H,2-5,9,12,14-15H2,1H3,(H,29,33)/t19-,20-,22+/m1/s1. The highest BCUT2D eigenvalue weighted by molar-refractivity contribution is 5.95. The summed E-state index contributed by atoms with van der Waals surface area (Å²) in [4.78, 5) is 41.8. The Kier molecular flexibility index (Phi) is 6.83. The van der Waals surface area contributed by atoms with Crippen LogP contribution in [0, 0.1) is 12.8 Å². The average molecular weight is 475 g/mol. The van der Waals surface area contributed by atoms with E-state index in [-0.39, 0.29) is 29.7 Å². The molecule has 1 N–H and O–H groups in total. The van der Waals surface area contributed by atoms with E-state index in [9.17, 15) is 9.59 Å². The first-order valence-electron chi connectivity index (χ1n) is 12.4. The van der Waals surface area contributed by atoms with Crippen molar-refractivity contribution in [3.8, 4) is 11.5 Å². The Morgan fingerprint density at radius 2 is 2.03 bits per heavy atom. The number of aromatic nitrogens is 4. The van der Waals surface area contributed by atoms with E-state index >= 15 is 0 Å². The van der Waals surface area contributed by atoms with Crippen molar-refractivity contribution in [1.29, 1.82) is 0 Å². The number of nitrogens with one attached hydrogen (secondary N) is 1. The maximum Gasteiger partial charge on any atom is 0.254 e. The van der Waals surface area contributed by atoms with Gasteiger partial charge in [0.1, 0.15) is 5.69 Å². The van der Waals surface area contributed by atoms with Crippen molar-refractivity contribution in [2.75, 3.05) is 13.1 Å². The number of nitrogens with zero attached hydrogens (tertiary/aromatic N) is 5. The molecule has 3 heterocycles. The van der Waals surface area contributed by atoms with Gasteiger partial charge in [-0.05, 0) is 44.7 Å². The summed E-state index contributed by atoms with van der Waals surface area (Å²) in [5.41, 5.74) is 2.23. The van der Waals surface area contributed by atoms with Gasteiger partial charge in [0.2, 0.25) is 17.6 Å². The van der Waals surface area contributed by atoms with Gasteiger partial charge in [-0.1, -0.05) is 35.7 Å². The molecular formula is C26H30N6O3. The summed E-state index contributed by atoms with van der Waals surface area (Å²) in [6, 6.07) is 7.42. The topological polar surface area (TPSA) is 114 Å². The summed E-state index contributed by atoms with van der Waals surface area (Å²) in [6.07, 6.45) is 9.83. The maximum absolute atomic E-state index is 13.7. The highest BCUT2D eigenvalue weighted by Crippen LogP contribution is 2.41. The van der Waals surface area contributed by atoms with Crippen LogP contribution in [0.15, 0.2) is 47.4 Å². The number of carbonyl (C=O) groups is 2. The molecule has 1 aromatic carbocycles. The van der Waals surface area contributed by atoms with E-state index in [1.807, 2.05) is 36.1 Å². The van der Waals surface area contributed by atoms with Gasteiger partial charge in [-0.3, -0.25) is 14.6 Å². The summed E-state index contributed by atoms with van der Waals surface area (Å²) in [6.45, 7) is 3.27. The summed E-state index contributed by atoms with van der Waals surface area (Å²) in [7, 11) is 0. The molecule has 1 aliphatic carbocycles. The molecule has 1 saturated heterocycles. The van der Waals surface area contributed by atoms with E-state index in [0.29, 0.717) is 48.9 Å². The van der Waals surface area contributed by atoms with Crippen LogP contribution in [0.5, 0.6) is 0 Å². The molecule has 9 heteroatoms. The summed E-state index contributed by atoms with van der Waals surface area (Å²) in [5.74, 6) is 0.362. The van der Waals surface area contributed by atoms with Crippen molar-refractivity contribution in [2.45, 2.75) is 57.4 Å². The minimum atomic E-state index is -0.335. The molecule has 1 saturated carbocycles. The van der Waals surface area contributed by atoms with Crippen LogP contribution in [0.25, 0.3) is 11.5 Å². The summed E-state index contributed by atoms with van der Waals surface area (Å²) in [5, 5.41) is 7.19. The lowest BCUT2D eigenvalue weighted by molar-refractivity contribution is -0.126. The van der Waals surface area contributed by atoms with Gasteiger partial charge >= 0.3 is 0 Å². The number of hydrogen-bond donors (Lipinski definition) is 1. The number of aryl methyl sites for hydroxylation is 1. The van der Waals surface area contributed by atoms with Crippen LogP contribution >= 0.6 is 0 Å². The molecule has 0 bridgehead atoms. The Morgan fingerprint density at radius 1 is 1.14 bits per heavy atom. The molecule has 2 aromatic heterocycles. The average Bonchev–Trinajstić information content (AvgIpc) is 3.53. The monoisotopic (exact) mass is 474 g/mol. The van der Waals surface area contributed by atoms with E-state index in [1.165, 1.54) is 0 Å². The normalized spacial score (nSPS) is 23.3. The molecule has 3 atom stereocenters. The Labute approximate surface area is 204 Å². The van der Waals surface area contributed by atoms with Gasteiger partial charge in [0.25, 0.3) is 5.91 Å². The predicted molar refractivity (Wildman–Crippen MR) is 128 cm³/mol.